The minimum absolute atomic E-state index is 0.0835. The lowest BCUT2D eigenvalue weighted by Gasteiger charge is -2.22. The molecule has 0 radical (unpaired) electrons. The number of nitrogens with one attached hydrogen (secondary N) is 2. The number of nitrogens with zero attached hydrogens (tertiary/aromatic N) is 4. The lowest BCUT2D eigenvalue weighted by atomic mass is 10.2. The van der Waals surface area contributed by atoms with Gasteiger partial charge >= 0.3 is 6.03 Å². The van der Waals surface area contributed by atoms with E-state index < -0.39 is 0 Å². The number of likely N-dealkylation sites (tertiary alicyclic amines) is 1. The van der Waals surface area contributed by atoms with Crippen LogP contribution in [0.1, 0.15) is 29.6 Å². The number of aryl methyl sites for hydroxylation is 1. The first-order valence-electron chi connectivity index (χ1n) is 6.11. The molecule has 0 aliphatic carbocycles. The molecule has 2 aromatic rings. The van der Waals surface area contributed by atoms with Crippen molar-refractivity contribution < 1.29 is 4.79 Å². The van der Waals surface area contributed by atoms with Gasteiger partial charge in [-0.15, -0.1) is 21.5 Å². The predicted octanol–water partition coefficient (Wildman–Crippen LogP) is 1.94. The number of carbonyl (C=O) groups is 1. The average Bonchev–Trinajstić information content (AvgIpc) is 3.07. The number of carbonyl (C=O) groups excluding carboxylic acids is 1. The predicted molar refractivity (Wildman–Crippen MR) is 70.9 cm³/mol. The van der Waals surface area contributed by atoms with Crippen LogP contribution in [-0.4, -0.2) is 38.1 Å². The van der Waals surface area contributed by atoms with E-state index in [-0.39, 0.29) is 12.1 Å². The molecule has 2 amide bonds. The van der Waals surface area contributed by atoms with Crippen molar-refractivity contribution in [3.8, 4) is 0 Å². The molecule has 0 saturated carbocycles. The Morgan fingerprint density at radius 2 is 2.47 bits per heavy atom. The van der Waals surface area contributed by atoms with E-state index in [4.69, 9.17) is 0 Å². The number of amides is 2. The van der Waals surface area contributed by atoms with Crippen LogP contribution < -0.4 is 5.32 Å². The molecule has 1 saturated heterocycles. The molecule has 19 heavy (non-hydrogen) atoms. The zero-order valence-electron chi connectivity index (χ0n) is 10.5. The highest BCUT2D eigenvalue weighted by atomic mass is 32.1. The normalized spacial score (nSPS) is 18.8. The van der Waals surface area contributed by atoms with Gasteiger partial charge in [0, 0.05) is 11.4 Å². The largest absolute Gasteiger partial charge is 0.323 e. The molecule has 1 fully saturated rings. The first-order valence-corrected chi connectivity index (χ1v) is 6.93. The number of aromatic nitrogens is 4. The molecule has 0 aromatic carbocycles. The van der Waals surface area contributed by atoms with Crippen molar-refractivity contribution in [2.75, 3.05) is 11.9 Å². The Balaban J connectivity index is 1.72. The van der Waals surface area contributed by atoms with Crippen LogP contribution in [0.4, 0.5) is 9.80 Å². The van der Waals surface area contributed by atoms with E-state index in [0.29, 0.717) is 5.82 Å². The SMILES string of the molecule is Cc1ccc(NC(=O)N2CCCC2c2nn[nH]n2)s1. The summed E-state index contributed by atoms with van der Waals surface area (Å²) in [6.07, 6.45) is 1.83. The summed E-state index contributed by atoms with van der Waals surface area (Å²) >= 11 is 1.57. The van der Waals surface area contributed by atoms with Crippen LogP contribution >= 0.6 is 11.3 Å². The second kappa shape index (κ2) is 4.96. The molecular formula is C11H14N6OS. The molecule has 0 bridgehead atoms. The smallest absolute Gasteiger partial charge is 0.314 e. The van der Waals surface area contributed by atoms with Gasteiger partial charge in [-0.3, -0.25) is 5.32 Å². The first-order chi connectivity index (χ1) is 9.24. The summed E-state index contributed by atoms with van der Waals surface area (Å²) in [5.41, 5.74) is 0. The summed E-state index contributed by atoms with van der Waals surface area (Å²) in [6.45, 7) is 2.73. The van der Waals surface area contributed by atoms with E-state index in [2.05, 4.69) is 25.9 Å². The fourth-order valence-corrected chi connectivity index (χ4v) is 3.03. The van der Waals surface area contributed by atoms with Crippen molar-refractivity contribution >= 4 is 22.4 Å². The number of rotatable bonds is 2. The van der Waals surface area contributed by atoms with E-state index in [9.17, 15) is 4.79 Å². The molecule has 2 aromatic heterocycles. The number of aromatic amines is 1. The van der Waals surface area contributed by atoms with Crippen molar-refractivity contribution in [3.63, 3.8) is 0 Å². The molecule has 1 aliphatic rings. The van der Waals surface area contributed by atoms with Crippen molar-refractivity contribution in [3.05, 3.63) is 22.8 Å². The Morgan fingerprint density at radius 1 is 1.58 bits per heavy atom. The number of urea groups is 1. The van der Waals surface area contributed by atoms with Gasteiger partial charge in [0.15, 0.2) is 5.82 Å². The van der Waals surface area contributed by atoms with E-state index in [1.807, 2.05) is 19.1 Å². The number of hydrogen-bond donors (Lipinski definition) is 2. The number of H-pyrrole nitrogens is 1. The molecular weight excluding hydrogens is 264 g/mol. The molecule has 1 aliphatic heterocycles. The molecule has 8 heteroatoms. The Morgan fingerprint density at radius 3 is 3.16 bits per heavy atom. The average molecular weight is 278 g/mol. The van der Waals surface area contributed by atoms with Crippen molar-refractivity contribution in [2.45, 2.75) is 25.8 Å². The van der Waals surface area contributed by atoms with Crippen LogP contribution in [0.5, 0.6) is 0 Å². The number of thiophene rings is 1. The van der Waals surface area contributed by atoms with Gasteiger partial charge in [-0.2, -0.15) is 5.21 Å². The monoisotopic (exact) mass is 278 g/mol. The Hall–Kier alpha value is -1.96. The first kappa shape index (κ1) is 12.1. The standard InChI is InChI=1S/C11H14N6OS/c1-7-4-5-9(19-7)12-11(18)17-6-2-3-8(17)10-13-15-16-14-10/h4-5,8H,2-3,6H2,1H3,(H,12,18)(H,13,14,15,16). The lowest BCUT2D eigenvalue weighted by molar-refractivity contribution is 0.205. The maximum absolute atomic E-state index is 12.3. The molecule has 2 N–H and O–H groups in total. The highest BCUT2D eigenvalue weighted by Crippen LogP contribution is 2.30. The minimum Gasteiger partial charge on any atom is -0.314 e. The zero-order valence-corrected chi connectivity index (χ0v) is 11.3. The fourth-order valence-electron chi connectivity index (χ4n) is 2.27. The van der Waals surface area contributed by atoms with Gasteiger partial charge in [0.1, 0.15) is 0 Å². The third kappa shape index (κ3) is 2.43. The highest BCUT2D eigenvalue weighted by molar-refractivity contribution is 7.16. The van der Waals surface area contributed by atoms with E-state index in [1.165, 1.54) is 4.88 Å². The Bertz CT molecular complexity index is 566. The molecule has 1 unspecified atom stereocenters. The molecule has 3 rings (SSSR count). The summed E-state index contributed by atoms with van der Waals surface area (Å²) < 4.78 is 0. The quantitative estimate of drug-likeness (QED) is 0.878. The molecule has 3 heterocycles. The molecule has 1 atom stereocenters. The van der Waals surface area contributed by atoms with E-state index >= 15 is 0 Å². The van der Waals surface area contributed by atoms with Gasteiger partial charge < -0.3 is 4.90 Å². The van der Waals surface area contributed by atoms with Crippen LogP contribution in [0.25, 0.3) is 0 Å². The van der Waals surface area contributed by atoms with Crippen LogP contribution in [-0.2, 0) is 0 Å². The highest BCUT2D eigenvalue weighted by Gasteiger charge is 2.32. The number of anilines is 1. The summed E-state index contributed by atoms with van der Waals surface area (Å²) in [6, 6.07) is 3.71. The zero-order chi connectivity index (χ0) is 13.2. The summed E-state index contributed by atoms with van der Waals surface area (Å²) in [5, 5.41) is 17.7. The van der Waals surface area contributed by atoms with Gasteiger partial charge in [-0.25, -0.2) is 4.79 Å². The van der Waals surface area contributed by atoms with Crippen LogP contribution in [0.15, 0.2) is 12.1 Å². The van der Waals surface area contributed by atoms with Gasteiger partial charge in [0.05, 0.1) is 11.0 Å². The minimum atomic E-state index is -0.103. The van der Waals surface area contributed by atoms with Crippen LogP contribution in [0.2, 0.25) is 0 Å². The van der Waals surface area contributed by atoms with Crippen molar-refractivity contribution in [1.29, 1.82) is 0 Å². The Labute approximate surface area is 114 Å². The van der Waals surface area contributed by atoms with Gasteiger partial charge in [0.25, 0.3) is 0 Å². The van der Waals surface area contributed by atoms with Gasteiger partial charge in [-0.05, 0) is 31.9 Å². The fraction of sp³-hybridized carbons (Fsp3) is 0.455. The number of hydrogen-bond acceptors (Lipinski definition) is 5. The third-order valence-electron chi connectivity index (χ3n) is 3.14. The summed E-state index contributed by atoms with van der Waals surface area (Å²) in [7, 11) is 0. The van der Waals surface area contributed by atoms with Crippen molar-refractivity contribution in [1.82, 2.24) is 25.5 Å². The second-order valence-electron chi connectivity index (χ2n) is 4.46. The maximum atomic E-state index is 12.3. The Kier molecular flexibility index (Phi) is 3.16. The van der Waals surface area contributed by atoms with E-state index in [1.54, 1.807) is 16.2 Å². The van der Waals surface area contributed by atoms with Crippen LogP contribution in [0, 0.1) is 6.92 Å². The second-order valence-corrected chi connectivity index (χ2v) is 5.75. The van der Waals surface area contributed by atoms with Gasteiger partial charge in [0.2, 0.25) is 0 Å². The lowest BCUT2D eigenvalue weighted by Crippen LogP contribution is -2.34. The van der Waals surface area contributed by atoms with Crippen LogP contribution in [0.3, 0.4) is 0 Å². The molecule has 7 nitrogen and oxygen atoms in total. The third-order valence-corrected chi connectivity index (χ3v) is 4.06. The summed E-state index contributed by atoms with van der Waals surface area (Å²) in [5.74, 6) is 0.579. The summed E-state index contributed by atoms with van der Waals surface area (Å²) in [4.78, 5) is 15.2. The molecule has 100 valence electrons. The van der Waals surface area contributed by atoms with Crippen molar-refractivity contribution in [2.24, 2.45) is 0 Å². The maximum Gasteiger partial charge on any atom is 0.323 e. The topological polar surface area (TPSA) is 86.8 Å². The molecule has 0 spiro atoms. The van der Waals surface area contributed by atoms with E-state index in [0.717, 1.165) is 24.4 Å². The van der Waals surface area contributed by atoms with Gasteiger partial charge in [-0.1, -0.05) is 5.21 Å². The number of tetrazole rings is 1.